The molecule has 26 heavy (non-hydrogen) atoms. The van der Waals surface area contributed by atoms with Gasteiger partial charge in [0.25, 0.3) is 5.91 Å². The second-order valence-electron chi connectivity index (χ2n) is 5.62. The van der Waals surface area contributed by atoms with Gasteiger partial charge in [0.2, 0.25) is 0 Å². The first-order valence-electron chi connectivity index (χ1n) is 7.75. The monoisotopic (exact) mass is 403 g/mol. The number of amides is 1. The molecule has 1 aliphatic heterocycles. The molecule has 1 fully saturated rings. The number of carboxylic acids is 1. The first kappa shape index (κ1) is 18.6. The maximum absolute atomic E-state index is 12.8. The first-order valence-corrected chi connectivity index (χ1v) is 9.36. The van der Waals surface area contributed by atoms with Gasteiger partial charge in [-0.05, 0) is 23.3 Å². The van der Waals surface area contributed by atoms with Crippen LogP contribution in [0.2, 0.25) is 5.02 Å². The second kappa shape index (κ2) is 8.03. The molecule has 0 unspecified atom stereocenters. The molecule has 132 valence electrons. The number of benzene rings is 2. The van der Waals surface area contributed by atoms with E-state index in [-0.39, 0.29) is 10.7 Å². The molecule has 1 atom stereocenters. The van der Waals surface area contributed by atoms with E-state index in [1.807, 2.05) is 36.4 Å². The number of rotatable bonds is 5. The quantitative estimate of drug-likeness (QED) is 0.597. The largest absolute Gasteiger partial charge is 0.480 e. The SMILES string of the molecule is O=C(O)[C@@H](Cc1ccccc1)N1C(=O)/C(=C/c2ccccc2Cl)SC1=S. The highest BCUT2D eigenvalue weighted by Crippen LogP contribution is 2.35. The van der Waals surface area contributed by atoms with Crippen LogP contribution in [0.4, 0.5) is 0 Å². The van der Waals surface area contributed by atoms with Gasteiger partial charge in [-0.1, -0.05) is 84.1 Å². The number of hydrogen-bond acceptors (Lipinski definition) is 4. The molecule has 1 amide bonds. The van der Waals surface area contributed by atoms with E-state index >= 15 is 0 Å². The summed E-state index contributed by atoms with van der Waals surface area (Å²) in [6, 6.07) is 15.2. The number of aliphatic carboxylic acids is 1. The summed E-state index contributed by atoms with van der Waals surface area (Å²) in [5.41, 5.74) is 1.51. The van der Waals surface area contributed by atoms with Crippen molar-refractivity contribution in [2.45, 2.75) is 12.5 Å². The van der Waals surface area contributed by atoms with Gasteiger partial charge in [-0.2, -0.15) is 0 Å². The van der Waals surface area contributed by atoms with Crippen molar-refractivity contribution >= 4 is 57.9 Å². The predicted molar refractivity (Wildman–Crippen MR) is 108 cm³/mol. The van der Waals surface area contributed by atoms with Crippen LogP contribution in [0, 0.1) is 0 Å². The van der Waals surface area contributed by atoms with Gasteiger partial charge in [0, 0.05) is 11.4 Å². The first-order chi connectivity index (χ1) is 12.5. The van der Waals surface area contributed by atoms with Gasteiger partial charge < -0.3 is 5.11 Å². The van der Waals surface area contributed by atoms with Crippen molar-refractivity contribution in [2.75, 3.05) is 0 Å². The molecule has 0 spiro atoms. The number of carbonyl (C=O) groups excluding carboxylic acids is 1. The Morgan fingerprint density at radius 3 is 2.50 bits per heavy atom. The van der Waals surface area contributed by atoms with Gasteiger partial charge in [-0.25, -0.2) is 4.79 Å². The third kappa shape index (κ3) is 3.98. The number of nitrogens with zero attached hydrogens (tertiary/aromatic N) is 1. The van der Waals surface area contributed by atoms with Crippen molar-refractivity contribution in [3.63, 3.8) is 0 Å². The lowest BCUT2D eigenvalue weighted by molar-refractivity contribution is -0.145. The molecule has 2 aromatic carbocycles. The molecule has 7 heteroatoms. The molecule has 0 radical (unpaired) electrons. The fraction of sp³-hybridized carbons (Fsp3) is 0.105. The zero-order valence-corrected chi connectivity index (χ0v) is 15.9. The summed E-state index contributed by atoms with van der Waals surface area (Å²) >= 11 is 12.5. The molecule has 2 aromatic rings. The van der Waals surface area contributed by atoms with Gasteiger partial charge in [-0.15, -0.1) is 0 Å². The standard InChI is InChI=1S/C19H14ClNO3S2/c20-14-9-5-4-8-13(14)11-16-17(22)21(19(25)26-16)15(18(23)24)10-12-6-2-1-3-7-12/h1-9,11,15H,10H2,(H,23,24)/b16-11-/t15-/m1/s1. The lowest BCUT2D eigenvalue weighted by atomic mass is 10.0. The molecule has 3 rings (SSSR count). The van der Waals surface area contributed by atoms with E-state index in [9.17, 15) is 14.7 Å². The van der Waals surface area contributed by atoms with Gasteiger partial charge in [0.05, 0.1) is 4.91 Å². The van der Waals surface area contributed by atoms with Crippen LogP contribution in [0.25, 0.3) is 6.08 Å². The van der Waals surface area contributed by atoms with E-state index in [2.05, 4.69) is 0 Å². The number of thiocarbonyl (C=S) groups is 1. The molecule has 1 N–H and O–H groups in total. The van der Waals surface area contributed by atoms with Gasteiger partial charge in [0.1, 0.15) is 10.4 Å². The van der Waals surface area contributed by atoms with Crippen LogP contribution >= 0.6 is 35.6 Å². The molecule has 1 aliphatic rings. The van der Waals surface area contributed by atoms with Crippen LogP contribution in [-0.4, -0.2) is 32.2 Å². The van der Waals surface area contributed by atoms with Gasteiger partial charge >= 0.3 is 5.97 Å². The summed E-state index contributed by atoms with van der Waals surface area (Å²) < 4.78 is 0.233. The normalized spacial score (nSPS) is 17.0. The van der Waals surface area contributed by atoms with Crippen LogP contribution in [0.1, 0.15) is 11.1 Å². The van der Waals surface area contributed by atoms with E-state index in [1.165, 1.54) is 4.90 Å². The Balaban J connectivity index is 1.89. The van der Waals surface area contributed by atoms with Crippen LogP contribution in [0.15, 0.2) is 59.5 Å². The van der Waals surface area contributed by atoms with Crippen LogP contribution in [-0.2, 0) is 16.0 Å². The van der Waals surface area contributed by atoms with Crippen molar-refractivity contribution in [2.24, 2.45) is 0 Å². The van der Waals surface area contributed by atoms with Crippen molar-refractivity contribution in [1.82, 2.24) is 4.90 Å². The third-order valence-electron chi connectivity index (χ3n) is 3.88. The van der Waals surface area contributed by atoms with Crippen LogP contribution < -0.4 is 0 Å². The van der Waals surface area contributed by atoms with Crippen molar-refractivity contribution in [1.29, 1.82) is 0 Å². The number of thioether (sulfide) groups is 1. The fourth-order valence-corrected chi connectivity index (χ4v) is 4.15. The van der Waals surface area contributed by atoms with Crippen LogP contribution in [0.5, 0.6) is 0 Å². The Kier molecular flexibility index (Phi) is 5.76. The third-order valence-corrected chi connectivity index (χ3v) is 5.56. The lowest BCUT2D eigenvalue weighted by Gasteiger charge is -2.23. The minimum Gasteiger partial charge on any atom is -0.480 e. The van der Waals surface area contributed by atoms with E-state index < -0.39 is 17.9 Å². The molecule has 0 aromatic heterocycles. The zero-order chi connectivity index (χ0) is 18.7. The molecule has 1 heterocycles. The minimum atomic E-state index is -1.09. The summed E-state index contributed by atoms with van der Waals surface area (Å²) in [7, 11) is 0. The topological polar surface area (TPSA) is 57.6 Å². The summed E-state index contributed by atoms with van der Waals surface area (Å²) in [6.45, 7) is 0. The van der Waals surface area contributed by atoms with Crippen LogP contribution in [0.3, 0.4) is 0 Å². The highest BCUT2D eigenvalue weighted by molar-refractivity contribution is 8.26. The lowest BCUT2D eigenvalue weighted by Crippen LogP contribution is -2.45. The number of carbonyl (C=O) groups is 2. The summed E-state index contributed by atoms with van der Waals surface area (Å²) in [5.74, 6) is -1.51. The van der Waals surface area contributed by atoms with Gasteiger partial charge in [-0.3, -0.25) is 9.69 Å². The zero-order valence-electron chi connectivity index (χ0n) is 13.5. The Morgan fingerprint density at radius 1 is 1.19 bits per heavy atom. The molecule has 0 aliphatic carbocycles. The molecular weight excluding hydrogens is 390 g/mol. The molecule has 4 nitrogen and oxygen atoms in total. The highest BCUT2D eigenvalue weighted by Gasteiger charge is 2.40. The Labute approximate surface area is 165 Å². The number of hydrogen-bond donors (Lipinski definition) is 1. The average Bonchev–Trinajstić information content (AvgIpc) is 2.89. The summed E-state index contributed by atoms with van der Waals surface area (Å²) in [4.78, 5) is 26.2. The molecule has 0 saturated carbocycles. The average molecular weight is 404 g/mol. The van der Waals surface area contributed by atoms with Gasteiger partial charge in [0.15, 0.2) is 0 Å². The fourth-order valence-electron chi connectivity index (χ4n) is 2.61. The van der Waals surface area contributed by atoms with Crippen molar-refractivity contribution < 1.29 is 14.7 Å². The smallest absolute Gasteiger partial charge is 0.327 e. The Morgan fingerprint density at radius 2 is 1.85 bits per heavy atom. The van der Waals surface area contributed by atoms with E-state index in [0.717, 1.165) is 17.3 Å². The highest BCUT2D eigenvalue weighted by atomic mass is 35.5. The Bertz CT molecular complexity index is 899. The summed E-state index contributed by atoms with van der Waals surface area (Å²) in [5, 5.41) is 10.2. The van der Waals surface area contributed by atoms with E-state index in [1.54, 1.807) is 24.3 Å². The molecule has 1 saturated heterocycles. The summed E-state index contributed by atoms with van der Waals surface area (Å²) in [6.07, 6.45) is 1.82. The van der Waals surface area contributed by atoms with E-state index in [0.29, 0.717) is 15.5 Å². The second-order valence-corrected chi connectivity index (χ2v) is 7.70. The Hall–Kier alpha value is -2.15. The minimum absolute atomic E-state index is 0.183. The van der Waals surface area contributed by atoms with E-state index in [4.69, 9.17) is 23.8 Å². The predicted octanol–water partition coefficient (Wildman–Crippen LogP) is 4.24. The maximum Gasteiger partial charge on any atom is 0.327 e. The van der Waals surface area contributed by atoms with Crippen molar-refractivity contribution in [3.05, 3.63) is 75.7 Å². The molecular formula is C19H14ClNO3S2. The maximum atomic E-state index is 12.8. The number of carboxylic acid groups (broad SMARTS) is 1. The van der Waals surface area contributed by atoms with Crippen molar-refractivity contribution in [3.8, 4) is 0 Å². The number of halogens is 1. The molecule has 0 bridgehead atoms.